The van der Waals surface area contributed by atoms with E-state index in [0.29, 0.717) is 0 Å². The van der Waals surface area contributed by atoms with Gasteiger partial charge in [0.05, 0.1) is 17.1 Å². The summed E-state index contributed by atoms with van der Waals surface area (Å²) >= 11 is 0. The van der Waals surface area contributed by atoms with E-state index in [1.165, 1.54) is 19.2 Å². The van der Waals surface area contributed by atoms with Gasteiger partial charge in [0, 0.05) is 20.1 Å². The van der Waals surface area contributed by atoms with E-state index >= 15 is 0 Å². The van der Waals surface area contributed by atoms with Gasteiger partial charge in [0.25, 0.3) is 0 Å². The third kappa shape index (κ3) is 6.79. The summed E-state index contributed by atoms with van der Waals surface area (Å²) in [4.78, 5) is 3.94. The fourth-order valence-corrected chi connectivity index (χ4v) is 2.77. The minimum absolute atomic E-state index is 0.0446. The van der Waals surface area contributed by atoms with Crippen molar-refractivity contribution in [3.8, 4) is 0 Å². The Kier molecular flexibility index (Phi) is 6.66. The van der Waals surface area contributed by atoms with Gasteiger partial charge in [-0.25, -0.2) is 8.42 Å². The molecule has 0 aromatic heterocycles. The summed E-state index contributed by atoms with van der Waals surface area (Å²) in [6.07, 6.45) is -5.24. The fraction of sp³-hybridized carbons (Fsp3) is 0.462. The predicted molar refractivity (Wildman–Crippen MR) is 78.5 cm³/mol. The zero-order valence-electron chi connectivity index (χ0n) is 12.0. The third-order valence-corrected chi connectivity index (χ3v) is 4.42. The third-order valence-electron chi connectivity index (χ3n) is 2.69. The Labute approximate surface area is 127 Å². The molecule has 0 aliphatic heterocycles. The van der Waals surface area contributed by atoms with E-state index in [1.54, 1.807) is 18.2 Å². The molecule has 0 fully saturated rings. The first kappa shape index (κ1) is 18.3. The van der Waals surface area contributed by atoms with Gasteiger partial charge in [-0.3, -0.25) is 4.99 Å². The molecule has 0 heterocycles. The number of nitrogens with zero attached hydrogens (tertiary/aromatic N) is 1. The average Bonchev–Trinajstić information content (AvgIpc) is 2.45. The smallest absolute Gasteiger partial charge is 0.356 e. The van der Waals surface area contributed by atoms with Crippen molar-refractivity contribution in [1.29, 1.82) is 0 Å². The number of sulfone groups is 1. The Hall–Kier alpha value is -1.77. The first-order valence-corrected chi connectivity index (χ1v) is 8.19. The highest BCUT2D eigenvalue weighted by Crippen LogP contribution is 2.18. The van der Waals surface area contributed by atoms with E-state index in [2.05, 4.69) is 15.6 Å². The lowest BCUT2D eigenvalue weighted by molar-refractivity contribution is -0.132. The van der Waals surface area contributed by atoms with E-state index in [0.717, 1.165) is 0 Å². The lowest BCUT2D eigenvalue weighted by atomic mass is 10.4. The maximum atomic E-state index is 12.0. The molecule has 1 aromatic rings. The van der Waals surface area contributed by atoms with Crippen molar-refractivity contribution in [1.82, 2.24) is 10.6 Å². The molecule has 22 heavy (non-hydrogen) atoms. The zero-order chi connectivity index (χ0) is 16.6. The number of halogens is 3. The Morgan fingerprint density at radius 3 is 2.27 bits per heavy atom. The molecule has 9 heteroatoms. The van der Waals surface area contributed by atoms with Crippen molar-refractivity contribution in [3.63, 3.8) is 0 Å². The molecule has 0 unspecified atom stereocenters. The second-order valence-electron chi connectivity index (χ2n) is 4.42. The molecule has 1 rings (SSSR count). The number of rotatable bonds is 6. The number of hydrogen-bond acceptors (Lipinski definition) is 3. The van der Waals surface area contributed by atoms with Gasteiger partial charge >= 0.3 is 6.18 Å². The second kappa shape index (κ2) is 8.02. The van der Waals surface area contributed by atoms with Crippen molar-refractivity contribution < 1.29 is 21.6 Å². The van der Waals surface area contributed by atoms with Gasteiger partial charge < -0.3 is 10.6 Å². The van der Waals surface area contributed by atoms with Gasteiger partial charge in [0.1, 0.15) is 0 Å². The molecular weight excluding hydrogens is 319 g/mol. The number of alkyl halides is 3. The summed E-state index contributed by atoms with van der Waals surface area (Å²) in [5.74, 6) is -0.0516. The van der Waals surface area contributed by atoms with Crippen LogP contribution in [0.3, 0.4) is 0 Å². The summed E-state index contributed by atoms with van der Waals surface area (Å²) < 4.78 is 60.1. The van der Waals surface area contributed by atoms with E-state index < -0.39 is 22.4 Å². The molecule has 0 aliphatic rings. The van der Waals surface area contributed by atoms with Crippen LogP contribution < -0.4 is 10.6 Å². The highest BCUT2D eigenvalue weighted by atomic mass is 32.2. The van der Waals surface area contributed by atoms with Crippen molar-refractivity contribution in [3.05, 3.63) is 30.3 Å². The van der Waals surface area contributed by atoms with Crippen molar-refractivity contribution in [2.45, 2.75) is 17.5 Å². The van der Waals surface area contributed by atoms with Crippen LogP contribution in [-0.4, -0.2) is 46.4 Å². The van der Waals surface area contributed by atoms with Crippen molar-refractivity contribution in [2.24, 2.45) is 4.99 Å². The fourth-order valence-electron chi connectivity index (χ4n) is 1.59. The number of aliphatic imine (C=N–C) groups is 1. The SMILES string of the molecule is CN=C(NCCC(F)(F)F)NCCS(=O)(=O)c1ccccc1. The van der Waals surface area contributed by atoms with Crippen LogP contribution in [-0.2, 0) is 9.84 Å². The summed E-state index contributed by atoms with van der Waals surface area (Å²) in [5, 5.41) is 5.15. The van der Waals surface area contributed by atoms with Crippen molar-refractivity contribution in [2.75, 3.05) is 25.9 Å². The number of guanidine groups is 1. The normalized spacial score (nSPS) is 13.0. The molecule has 0 amide bonds. The van der Waals surface area contributed by atoms with Crippen LogP contribution in [0.4, 0.5) is 13.2 Å². The van der Waals surface area contributed by atoms with Crippen LogP contribution in [0.15, 0.2) is 40.2 Å². The molecule has 0 bridgehead atoms. The van der Waals surface area contributed by atoms with Gasteiger partial charge in [-0.1, -0.05) is 18.2 Å². The van der Waals surface area contributed by atoms with E-state index in [1.807, 2.05) is 0 Å². The minimum atomic E-state index is -4.25. The van der Waals surface area contributed by atoms with Gasteiger partial charge in [0.15, 0.2) is 15.8 Å². The number of benzene rings is 1. The molecule has 124 valence electrons. The summed E-state index contributed by atoms with van der Waals surface area (Å²) in [6, 6.07) is 7.94. The van der Waals surface area contributed by atoms with Crippen LogP contribution in [0.25, 0.3) is 0 Å². The van der Waals surface area contributed by atoms with E-state index in [-0.39, 0.29) is 29.7 Å². The highest BCUT2D eigenvalue weighted by molar-refractivity contribution is 7.91. The van der Waals surface area contributed by atoms with Crippen LogP contribution in [0.1, 0.15) is 6.42 Å². The van der Waals surface area contributed by atoms with Crippen LogP contribution in [0.5, 0.6) is 0 Å². The quantitative estimate of drug-likeness (QED) is 0.611. The first-order valence-electron chi connectivity index (χ1n) is 6.54. The molecule has 1 aromatic carbocycles. The maximum absolute atomic E-state index is 12.0. The number of hydrogen-bond donors (Lipinski definition) is 2. The predicted octanol–water partition coefficient (Wildman–Crippen LogP) is 1.58. The molecule has 5 nitrogen and oxygen atoms in total. The molecule has 0 saturated carbocycles. The van der Waals surface area contributed by atoms with Gasteiger partial charge in [-0.15, -0.1) is 0 Å². The minimum Gasteiger partial charge on any atom is -0.356 e. The molecule has 0 atom stereocenters. The van der Waals surface area contributed by atoms with Crippen LogP contribution in [0, 0.1) is 0 Å². The Balaban J connectivity index is 2.42. The average molecular weight is 337 g/mol. The zero-order valence-corrected chi connectivity index (χ0v) is 12.8. The summed E-state index contributed by atoms with van der Waals surface area (Å²) in [6.45, 7) is -0.280. The Bertz CT molecular complexity index is 586. The summed E-state index contributed by atoms with van der Waals surface area (Å²) in [5.41, 5.74) is 0. The Morgan fingerprint density at radius 2 is 1.73 bits per heavy atom. The van der Waals surface area contributed by atoms with Gasteiger partial charge in [-0.2, -0.15) is 13.2 Å². The monoisotopic (exact) mass is 337 g/mol. The van der Waals surface area contributed by atoms with E-state index in [4.69, 9.17) is 0 Å². The first-order chi connectivity index (χ1) is 10.2. The molecule has 0 saturated heterocycles. The maximum Gasteiger partial charge on any atom is 0.390 e. The van der Waals surface area contributed by atoms with Crippen LogP contribution in [0.2, 0.25) is 0 Å². The van der Waals surface area contributed by atoms with Crippen molar-refractivity contribution >= 4 is 15.8 Å². The topological polar surface area (TPSA) is 70.6 Å². The molecule has 0 aliphatic carbocycles. The number of nitrogens with one attached hydrogen (secondary N) is 2. The Morgan fingerprint density at radius 1 is 1.14 bits per heavy atom. The standard InChI is InChI=1S/C13H18F3N3O2S/c1-17-12(18-8-7-13(14,15)16)19-9-10-22(20,21)11-5-3-2-4-6-11/h2-6H,7-10H2,1H3,(H2,17,18,19). The summed E-state index contributed by atoms with van der Waals surface area (Å²) in [7, 11) is -2.04. The molecule has 0 radical (unpaired) electrons. The van der Waals surface area contributed by atoms with Gasteiger partial charge in [0.2, 0.25) is 0 Å². The second-order valence-corrected chi connectivity index (χ2v) is 6.53. The highest BCUT2D eigenvalue weighted by Gasteiger charge is 2.26. The molecule has 2 N–H and O–H groups in total. The molecular formula is C13H18F3N3O2S. The van der Waals surface area contributed by atoms with E-state index in [9.17, 15) is 21.6 Å². The lowest BCUT2D eigenvalue weighted by Crippen LogP contribution is -2.40. The molecule has 0 spiro atoms. The largest absolute Gasteiger partial charge is 0.390 e. The lowest BCUT2D eigenvalue weighted by Gasteiger charge is -2.13. The van der Waals surface area contributed by atoms with Crippen LogP contribution >= 0.6 is 0 Å². The van der Waals surface area contributed by atoms with Gasteiger partial charge in [-0.05, 0) is 12.1 Å².